The Bertz CT molecular complexity index is 709. The molecule has 0 saturated carbocycles. The van der Waals surface area contributed by atoms with E-state index in [4.69, 9.17) is 0 Å². The molecular formula is C19H31N3O3S. The van der Waals surface area contributed by atoms with Crippen LogP contribution in [0, 0.1) is 13.8 Å². The second kappa shape index (κ2) is 8.35. The summed E-state index contributed by atoms with van der Waals surface area (Å²) in [5.41, 5.74) is 3.25. The van der Waals surface area contributed by atoms with E-state index >= 15 is 0 Å². The fourth-order valence-electron chi connectivity index (χ4n) is 3.94. The first-order chi connectivity index (χ1) is 12.4. The zero-order valence-corrected chi connectivity index (χ0v) is 16.7. The lowest BCUT2D eigenvalue weighted by molar-refractivity contribution is 0.0901. The number of piperazine rings is 1. The van der Waals surface area contributed by atoms with Gasteiger partial charge in [-0.3, -0.25) is 4.90 Å². The van der Waals surface area contributed by atoms with Gasteiger partial charge in [-0.05, 0) is 37.8 Å². The standard InChI is InChI=1S/C19H31N3O3S/c1-16-6-7-18(17(2)14-16)19(23)15-20-10-12-22(13-11-20)26(24,25)21-8-4-3-5-9-21/h6-7,14,19,23H,3-5,8-13,15H2,1-2H3/t19-/m0/s1. The maximum absolute atomic E-state index is 12.8. The van der Waals surface area contributed by atoms with Crippen molar-refractivity contribution < 1.29 is 13.5 Å². The quantitative estimate of drug-likeness (QED) is 0.843. The molecule has 146 valence electrons. The van der Waals surface area contributed by atoms with Crippen molar-refractivity contribution in [2.75, 3.05) is 45.8 Å². The second-order valence-corrected chi connectivity index (χ2v) is 9.47. The van der Waals surface area contributed by atoms with Gasteiger partial charge < -0.3 is 5.11 Å². The molecule has 3 rings (SSSR count). The number of aliphatic hydroxyl groups excluding tert-OH is 1. The van der Waals surface area contributed by atoms with Gasteiger partial charge in [-0.15, -0.1) is 0 Å². The average molecular weight is 382 g/mol. The number of hydrogen-bond acceptors (Lipinski definition) is 4. The third kappa shape index (κ3) is 4.46. The van der Waals surface area contributed by atoms with Gasteiger partial charge >= 0.3 is 0 Å². The lowest BCUT2D eigenvalue weighted by atomic mass is 10.0. The molecule has 1 N–H and O–H groups in total. The van der Waals surface area contributed by atoms with Gasteiger partial charge in [-0.2, -0.15) is 17.0 Å². The Hall–Kier alpha value is -0.990. The predicted molar refractivity (Wildman–Crippen MR) is 103 cm³/mol. The number of hydrogen-bond donors (Lipinski definition) is 1. The molecule has 0 unspecified atom stereocenters. The number of rotatable bonds is 5. The summed E-state index contributed by atoms with van der Waals surface area (Å²) in [5.74, 6) is 0. The van der Waals surface area contributed by atoms with Gasteiger partial charge in [0.1, 0.15) is 0 Å². The average Bonchev–Trinajstić information content (AvgIpc) is 2.63. The van der Waals surface area contributed by atoms with E-state index in [9.17, 15) is 13.5 Å². The van der Waals surface area contributed by atoms with Gasteiger partial charge in [0, 0.05) is 45.8 Å². The van der Waals surface area contributed by atoms with E-state index in [0.29, 0.717) is 45.8 Å². The van der Waals surface area contributed by atoms with Crippen LogP contribution in [0.1, 0.15) is 42.1 Å². The van der Waals surface area contributed by atoms with Crippen molar-refractivity contribution in [1.29, 1.82) is 0 Å². The van der Waals surface area contributed by atoms with E-state index in [-0.39, 0.29) is 0 Å². The highest BCUT2D eigenvalue weighted by atomic mass is 32.2. The van der Waals surface area contributed by atoms with Crippen molar-refractivity contribution in [3.63, 3.8) is 0 Å². The zero-order chi connectivity index (χ0) is 18.7. The third-order valence-corrected chi connectivity index (χ3v) is 7.55. The van der Waals surface area contributed by atoms with E-state index < -0.39 is 16.3 Å². The van der Waals surface area contributed by atoms with Crippen molar-refractivity contribution in [1.82, 2.24) is 13.5 Å². The minimum absolute atomic E-state index is 0.498. The first-order valence-electron chi connectivity index (χ1n) is 9.61. The number of benzene rings is 1. The molecular weight excluding hydrogens is 350 g/mol. The van der Waals surface area contributed by atoms with E-state index in [1.165, 1.54) is 5.56 Å². The molecule has 26 heavy (non-hydrogen) atoms. The molecule has 0 spiro atoms. The molecule has 7 heteroatoms. The second-order valence-electron chi connectivity index (χ2n) is 7.54. The summed E-state index contributed by atoms with van der Waals surface area (Å²) >= 11 is 0. The Balaban J connectivity index is 1.55. The molecule has 2 fully saturated rings. The summed E-state index contributed by atoms with van der Waals surface area (Å²) in [6.45, 7) is 8.23. The molecule has 1 aromatic rings. The topological polar surface area (TPSA) is 64.1 Å². The van der Waals surface area contributed by atoms with Gasteiger partial charge in [-0.25, -0.2) is 0 Å². The molecule has 0 radical (unpaired) electrons. The van der Waals surface area contributed by atoms with Crippen molar-refractivity contribution >= 4 is 10.2 Å². The molecule has 0 bridgehead atoms. The smallest absolute Gasteiger partial charge is 0.282 e. The largest absolute Gasteiger partial charge is 0.387 e. The van der Waals surface area contributed by atoms with Crippen LogP contribution < -0.4 is 0 Å². The molecule has 2 aliphatic rings. The minimum atomic E-state index is -3.32. The normalized spacial score (nSPS) is 22.4. The number of nitrogens with zero attached hydrogens (tertiary/aromatic N) is 3. The molecule has 0 aliphatic carbocycles. The van der Waals surface area contributed by atoms with E-state index in [1.807, 2.05) is 26.0 Å². The van der Waals surface area contributed by atoms with Gasteiger partial charge in [-0.1, -0.05) is 30.2 Å². The number of aryl methyl sites for hydroxylation is 2. The van der Waals surface area contributed by atoms with Crippen LogP contribution in [0.25, 0.3) is 0 Å². The Morgan fingerprint density at radius 1 is 0.962 bits per heavy atom. The lowest BCUT2D eigenvalue weighted by Gasteiger charge is -2.38. The van der Waals surface area contributed by atoms with Crippen LogP contribution in [0.4, 0.5) is 0 Å². The van der Waals surface area contributed by atoms with Crippen LogP contribution in [0.3, 0.4) is 0 Å². The van der Waals surface area contributed by atoms with E-state index in [1.54, 1.807) is 8.61 Å². The lowest BCUT2D eigenvalue weighted by Crippen LogP contribution is -2.54. The summed E-state index contributed by atoms with van der Waals surface area (Å²) in [6.07, 6.45) is 2.50. The van der Waals surface area contributed by atoms with Crippen molar-refractivity contribution in [3.05, 3.63) is 34.9 Å². The van der Waals surface area contributed by atoms with Crippen LogP contribution >= 0.6 is 0 Å². The highest BCUT2D eigenvalue weighted by Crippen LogP contribution is 2.22. The predicted octanol–water partition coefficient (Wildman–Crippen LogP) is 1.69. The monoisotopic (exact) mass is 381 g/mol. The molecule has 2 aliphatic heterocycles. The first-order valence-corrected chi connectivity index (χ1v) is 11.0. The summed E-state index contributed by atoms with van der Waals surface area (Å²) in [7, 11) is -3.32. The first kappa shape index (κ1) is 19.8. The fraction of sp³-hybridized carbons (Fsp3) is 0.684. The van der Waals surface area contributed by atoms with Gasteiger partial charge in [0.25, 0.3) is 10.2 Å². The Kier molecular flexibility index (Phi) is 6.35. The SMILES string of the molecule is Cc1ccc([C@@H](O)CN2CCN(S(=O)(=O)N3CCCCC3)CC2)c(C)c1. The highest BCUT2D eigenvalue weighted by Gasteiger charge is 2.33. The molecule has 6 nitrogen and oxygen atoms in total. The fourth-order valence-corrected chi connectivity index (χ4v) is 5.62. The highest BCUT2D eigenvalue weighted by molar-refractivity contribution is 7.86. The molecule has 0 aromatic heterocycles. The van der Waals surface area contributed by atoms with Crippen LogP contribution in [0.15, 0.2) is 18.2 Å². The Morgan fingerprint density at radius 2 is 1.58 bits per heavy atom. The summed E-state index contributed by atoms with van der Waals surface area (Å²) in [5, 5.41) is 10.6. The van der Waals surface area contributed by atoms with Crippen molar-refractivity contribution in [2.45, 2.75) is 39.2 Å². The Labute approximate surface area is 157 Å². The molecule has 1 atom stereocenters. The van der Waals surface area contributed by atoms with Crippen LogP contribution in [-0.2, 0) is 10.2 Å². The molecule has 2 heterocycles. The van der Waals surface area contributed by atoms with Crippen LogP contribution in [0.5, 0.6) is 0 Å². The van der Waals surface area contributed by atoms with E-state index in [2.05, 4.69) is 11.0 Å². The van der Waals surface area contributed by atoms with Crippen LogP contribution in [-0.4, -0.2) is 72.8 Å². The molecule has 0 amide bonds. The van der Waals surface area contributed by atoms with E-state index in [0.717, 1.165) is 30.4 Å². The van der Waals surface area contributed by atoms with Gasteiger partial charge in [0.2, 0.25) is 0 Å². The summed E-state index contributed by atoms with van der Waals surface area (Å²) in [4.78, 5) is 2.16. The third-order valence-electron chi connectivity index (χ3n) is 5.51. The van der Waals surface area contributed by atoms with Gasteiger partial charge in [0.05, 0.1) is 6.10 Å². The number of β-amino-alcohol motifs (C(OH)–C–C–N with tert-alkyl or cyclic N) is 1. The van der Waals surface area contributed by atoms with Crippen LogP contribution in [0.2, 0.25) is 0 Å². The zero-order valence-electron chi connectivity index (χ0n) is 15.9. The minimum Gasteiger partial charge on any atom is -0.387 e. The van der Waals surface area contributed by atoms with Gasteiger partial charge in [0.15, 0.2) is 0 Å². The van der Waals surface area contributed by atoms with Crippen molar-refractivity contribution in [2.24, 2.45) is 0 Å². The Morgan fingerprint density at radius 3 is 2.19 bits per heavy atom. The summed E-state index contributed by atoms with van der Waals surface area (Å²) < 4.78 is 28.7. The maximum atomic E-state index is 12.8. The number of piperidine rings is 1. The molecule has 2 saturated heterocycles. The maximum Gasteiger partial charge on any atom is 0.282 e. The van der Waals surface area contributed by atoms with Crippen molar-refractivity contribution in [3.8, 4) is 0 Å². The summed E-state index contributed by atoms with van der Waals surface area (Å²) in [6, 6.07) is 6.10. The number of aliphatic hydroxyl groups is 1. The molecule has 1 aromatic carbocycles.